The highest BCUT2D eigenvalue weighted by atomic mass is 19.1. The summed E-state index contributed by atoms with van der Waals surface area (Å²) in [7, 11) is 0. The third-order valence-electron chi connectivity index (χ3n) is 6.84. The number of carbonyl (C=O) groups excluding carboxylic acids is 3. The summed E-state index contributed by atoms with van der Waals surface area (Å²) in [5, 5.41) is 3.39. The molecule has 174 valence electrons. The lowest BCUT2D eigenvalue weighted by molar-refractivity contribution is -0.410. The van der Waals surface area contributed by atoms with Crippen molar-refractivity contribution < 1.29 is 23.8 Å². The number of fused-ring (bicyclic) bond motifs is 1. The molecule has 1 saturated carbocycles. The maximum Gasteiger partial charge on any atom is 0.251 e. The van der Waals surface area contributed by atoms with Crippen molar-refractivity contribution in [3.8, 4) is 0 Å². The van der Waals surface area contributed by atoms with E-state index in [0.717, 1.165) is 34.8 Å². The van der Waals surface area contributed by atoms with Crippen LogP contribution in [0.5, 0.6) is 0 Å². The van der Waals surface area contributed by atoms with Crippen molar-refractivity contribution in [3.05, 3.63) is 83.1 Å². The lowest BCUT2D eigenvalue weighted by Crippen LogP contribution is -2.78. The summed E-state index contributed by atoms with van der Waals surface area (Å²) in [6.45, 7) is 0.367. The van der Waals surface area contributed by atoms with Crippen LogP contribution in [0, 0.1) is 11.7 Å². The Hall–Kier alpha value is -3.61. The Bertz CT molecular complexity index is 1190. The second kappa shape index (κ2) is 9.33. The van der Waals surface area contributed by atoms with Crippen LogP contribution in [0.1, 0.15) is 36.8 Å². The number of Topliss-reactive ketones (excluding diaryl/α,β-unsaturated/α-hetero) is 2. The van der Waals surface area contributed by atoms with Gasteiger partial charge in [-0.3, -0.25) is 19.3 Å². The topological polar surface area (TPSA) is 80.5 Å². The van der Waals surface area contributed by atoms with Crippen molar-refractivity contribution in [3.63, 3.8) is 0 Å². The fraction of sp³-hybridized carbons (Fsp3) is 0.333. The van der Waals surface area contributed by atoms with Crippen molar-refractivity contribution in [1.29, 1.82) is 0 Å². The molecule has 2 aromatic rings. The summed E-state index contributed by atoms with van der Waals surface area (Å²) in [5.41, 5.74) is 3.77. The summed E-state index contributed by atoms with van der Waals surface area (Å²) in [5.74, 6) is -0.301. The molecule has 2 heterocycles. The van der Waals surface area contributed by atoms with Crippen molar-refractivity contribution >= 4 is 23.2 Å². The largest absolute Gasteiger partial charge is 0.354 e. The highest BCUT2D eigenvalue weighted by Gasteiger charge is 2.44. The van der Waals surface area contributed by atoms with Gasteiger partial charge in [0.1, 0.15) is 18.4 Å². The minimum absolute atomic E-state index is 0.0417. The molecule has 0 aromatic heterocycles. The lowest BCUT2D eigenvalue weighted by atomic mass is 9.92. The van der Waals surface area contributed by atoms with Crippen molar-refractivity contribution in [2.75, 3.05) is 6.54 Å². The van der Waals surface area contributed by atoms with Gasteiger partial charge in [0.05, 0.1) is 6.42 Å². The van der Waals surface area contributed by atoms with Gasteiger partial charge in [-0.15, -0.1) is 0 Å². The molecule has 0 spiro atoms. The molecule has 1 amide bonds. The van der Waals surface area contributed by atoms with Crippen molar-refractivity contribution in [1.82, 2.24) is 10.2 Å². The number of nitrogens with one attached hydrogen (secondary N) is 2. The Morgan fingerprint density at radius 3 is 2.50 bits per heavy atom. The van der Waals surface area contributed by atoms with Crippen LogP contribution in [0.15, 0.2) is 66.1 Å². The van der Waals surface area contributed by atoms with Crippen LogP contribution >= 0.6 is 0 Å². The maximum atomic E-state index is 13.4. The number of carbonyl (C=O) groups is 3. The van der Waals surface area contributed by atoms with Gasteiger partial charge < -0.3 is 5.32 Å². The molecule has 2 atom stereocenters. The number of hydrogen-bond acceptors (Lipinski definition) is 4. The zero-order valence-corrected chi connectivity index (χ0v) is 18.9. The molecular weight excluding hydrogens is 433 g/mol. The molecule has 0 bridgehead atoms. The van der Waals surface area contributed by atoms with Gasteiger partial charge in [-0.1, -0.05) is 42.5 Å². The Morgan fingerprint density at radius 1 is 0.971 bits per heavy atom. The molecule has 2 aromatic carbocycles. The molecule has 3 aliphatic rings. The van der Waals surface area contributed by atoms with E-state index in [9.17, 15) is 18.8 Å². The van der Waals surface area contributed by atoms with E-state index in [1.54, 1.807) is 17.0 Å². The fourth-order valence-corrected chi connectivity index (χ4v) is 5.01. The maximum absolute atomic E-state index is 13.4. The van der Waals surface area contributed by atoms with E-state index in [4.69, 9.17) is 0 Å². The number of ketones is 2. The molecule has 7 heteroatoms. The first kappa shape index (κ1) is 22.2. The van der Waals surface area contributed by atoms with E-state index in [1.807, 2.05) is 30.3 Å². The predicted molar refractivity (Wildman–Crippen MR) is 124 cm³/mol. The van der Waals surface area contributed by atoms with Crippen molar-refractivity contribution in [2.24, 2.45) is 5.92 Å². The van der Waals surface area contributed by atoms with Crippen molar-refractivity contribution in [2.45, 2.75) is 44.6 Å². The standard InChI is InChI=1S/C27H26FN3O3/c28-20-11-9-18(10-12-20)14-22-27(34)31-16-23(19-7-4-8-24(32)25(33)15-19)29-21(26(31)30-22)13-17-5-2-1-3-6-17/h1-3,5-6,9-12,19,22,30H,4,7-8,13-16H2/p+1. The number of hydrogen-bond donors (Lipinski definition) is 2. The Labute approximate surface area is 197 Å². The molecule has 2 unspecified atom stereocenters. The van der Waals surface area contributed by atoms with Gasteiger partial charge in [0, 0.05) is 25.2 Å². The quantitative estimate of drug-likeness (QED) is 0.523. The predicted octanol–water partition coefficient (Wildman–Crippen LogP) is 1.44. The number of allylic oxidation sites excluding steroid dienone is 1. The summed E-state index contributed by atoms with van der Waals surface area (Å²) in [6.07, 6.45) is 2.93. The molecule has 5 rings (SSSR count). The third-order valence-corrected chi connectivity index (χ3v) is 6.84. The van der Waals surface area contributed by atoms with Crippen LogP contribution in [0.2, 0.25) is 0 Å². The Morgan fingerprint density at radius 2 is 1.74 bits per heavy atom. The average molecular weight is 461 g/mol. The third kappa shape index (κ3) is 4.55. The lowest BCUT2D eigenvalue weighted by Gasteiger charge is -2.23. The molecule has 2 aliphatic heterocycles. The molecule has 1 aliphatic carbocycles. The van der Waals surface area contributed by atoms with E-state index < -0.39 is 6.04 Å². The monoisotopic (exact) mass is 460 g/mol. The average Bonchev–Trinajstić information content (AvgIpc) is 3.04. The van der Waals surface area contributed by atoms with Gasteiger partial charge in [0.25, 0.3) is 5.91 Å². The Kier molecular flexibility index (Phi) is 6.09. The van der Waals surface area contributed by atoms with Gasteiger partial charge in [-0.05, 0) is 36.1 Å². The summed E-state index contributed by atoms with van der Waals surface area (Å²) < 4.78 is 13.3. The number of amides is 1. The second-order valence-corrected chi connectivity index (χ2v) is 9.23. The number of nitrogens with zero attached hydrogens (tertiary/aromatic N) is 1. The molecular formula is C27H27FN3O3+. The zero-order chi connectivity index (χ0) is 23.7. The number of halogens is 1. The van der Waals surface area contributed by atoms with E-state index >= 15 is 0 Å². The van der Waals surface area contributed by atoms with Gasteiger partial charge in [-0.2, -0.15) is 0 Å². The first-order chi connectivity index (χ1) is 16.5. The normalized spacial score (nSPS) is 22.9. The SMILES string of the molecule is O=C1CCCC(C2=[NH+]C(Cc3ccccc3)=C3NC(Cc4ccc(F)cc4)C(=O)N3C2)CC1=O. The second-order valence-electron chi connectivity index (χ2n) is 9.23. The van der Waals surface area contributed by atoms with E-state index in [-0.39, 0.29) is 35.6 Å². The summed E-state index contributed by atoms with van der Waals surface area (Å²) in [4.78, 5) is 42.9. The fourth-order valence-electron chi connectivity index (χ4n) is 5.01. The van der Waals surface area contributed by atoms with Crippen LogP contribution in [0.3, 0.4) is 0 Å². The molecule has 0 radical (unpaired) electrons. The molecule has 2 fully saturated rings. The first-order valence-electron chi connectivity index (χ1n) is 11.8. The minimum Gasteiger partial charge on any atom is -0.354 e. The van der Waals surface area contributed by atoms with Gasteiger partial charge >= 0.3 is 0 Å². The number of rotatable bonds is 5. The van der Waals surface area contributed by atoms with Crippen LogP contribution in [0.4, 0.5) is 4.39 Å². The van der Waals surface area contributed by atoms with E-state index in [1.165, 1.54) is 12.1 Å². The molecule has 34 heavy (non-hydrogen) atoms. The molecule has 1 saturated heterocycles. The highest BCUT2D eigenvalue weighted by molar-refractivity contribution is 6.37. The summed E-state index contributed by atoms with van der Waals surface area (Å²) in [6, 6.07) is 15.7. The van der Waals surface area contributed by atoms with E-state index in [0.29, 0.717) is 32.2 Å². The molecule has 2 N–H and O–H groups in total. The van der Waals surface area contributed by atoms with Gasteiger partial charge in [-0.25, -0.2) is 9.38 Å². The molecule has 6 nitrogen and oxygen atoms in total. The van der Waals surface area contributed by atoms with Crippen LogP contribution in [-0.2, 0) is 27.2 Å². The van der Waals surface area contributed by atoms with Crippen LogP contribution in [0.25, 0.3) is 0 Å². The minimum atomic E-state index is -0.454. The van der Waals surface area contributed by atoms with Gasteiger partial charge in [0.2, 0.25) is 5.70 Å². The number of benzene rings is 2. The zero-order valence-electron chi connectivity index (χ0n) is 18.9. The summed E-state index contributed by atoms with van der Waals surface area (Å²) >= 11 is 0. The van der Waals surface area contributed by atoms with Gasteiger partial charge in [0.15, 0.2) is 23.1 Å². The Balaban J connectivity index is 1.45. The first-order valence-corrected chi connectivity index (χ1v) is 11.8. The smallest absolute Gasteiger partial charge is 0.251 e. The van der Waals surface area contributed by atoms with Crippen LogP contribution < -0.4 is 10.3 Å². The van der Waals surface area contributed by atoms with E-state index in [2.05, 4.69) is 10.3 Å². The highest BCUT2D eigenvalue weighted by Crippen LogP contribution is 2.26. The van der Waals surface area contributed by atoms with Crippen LogP contribution in [-0.4, -0.2) is 40.7 Å².